The van der Waals surface area contributed by atoms with Gasteiger partial charge in [0.25, 0.3) is 0 Å². The third-order valence-corrected chi connectivity index (χ3v) is 3.64. The van der Waals surface area contributed by atoms with Gasteiger partial charge >= 0.3 is 0 Å². The van der Waals surface area contributed by atoms with Crippen LogP contribution in [0.25, 0.3) is 0 Å². The summed E-state index contributed by atoms with van der Waals surface area (Å²) in [7, 11) is 0. The molecule has 100 valence electrons. The second-order valence-corrected chi connectivity index (χ2v) is 5.08. The van der Waals surface area contributed by atoms with Crippen LogP contribution < -0.4 is 5.32 Å². The van der Waals surface area contributed by atoms with Crippen LogP contribution in [0.3, 0.4) is 0 Å². The van der Waals surface area contributed by atoms with Crippen molar-refractivity contribution in [1.29, 1.82) is 0 Å². The smallest absolute Gasteiger partial charge is 0.0567 e. The van der Waals surface area contributed by atoms with Crippen molar-refractivity contribution < 1.29 is 0 Å². The summed E-state index contributed by atoms with van der Waals surface area (Å²) in [4.78, 5) is 2.52. The Morgan fingerprint density at radius 3 is 2.79 bits per heavy atom. The van der Waals surface area contributed by atoms with E-state index in [0.717, 1.165) is 18.8 Å². The van der Waals surface area contributed by atoms with Gasteiger partial charge in [-0.05, 0) is 43.6 Å². The number of aromatic nitrogens is 2. The van der Waals surface area contributed by atoms with E-state index in [9.17, 15) is 0 Å². The number of nitrogens with one attached hydrogen (secondary N) is 2. The maximum Gasteiger partial charge on any atom is 0.0567 e. The molecule has 0 unspecified atom stereocenters. The lowest BCUT2D eigenvalue weighted by Gasteiger charge is -2.18. The molecule has 1 aliphatic heterocycles. The van der Waals surface area contributed by atoms with Gasteiger partial charge in [0.2, 0.25) is 0 Å². The number of likely N-dealkylation sites (tertiary alicyclic amines) is 1. The van der Waals surface area contributed by atoms with E-state index in [1.54, 1.807) is 6.20 Å². The molecule has 2 heterocycles. The molecule has 0 spiro atoms. The molecule has 3 rings (SSSR count). The lowest BCUT2D eigenvalue weighted by Crippen LogP contribution is -2.19. The summed E-state index contributed by atoms with van der Waals surface area (Å²) in [6.45, 7) is 4.30. The van der Waals surface area contributed by atoms with E-state index in [4.69, 9.17) is 0 Å². The summed E-state index contributed by atoms with van der Waals surface area (Å²) in [5.74, 6) is 0. The van der Waals surface area contributed by atoms with Gasteiger partial charge in [-0.3, -0.25) is 10.00 Å². The van der Waals surface area contributed by atoms with E-state index < -0.39 is 0 Å². The van der Waals surface area contributed by atoms with E-state index in [1.165, 1.54) is 37.2 Å². The minimum absolute atomic E-state index is 0.789. The van der Waals surface area contributed by atoms with Crippen LogP contribution in [0.15, 0.2) is 36.5 Å². The number of nitrogens with zero attached hydrogens (tertiary/aromatic N) is 2. The van der Waals surface area contributed by atoms with Crippen LogP contribution in [0.4, 0.5) is 5.69 Å². The fraction of sp³-hybridized carbons (Fsp3) is 0.400. The summed E-state index contributed by atoms with van der Waals surface area (Å²) in [6, 6.07) is 10.6. The summed E-state index contributed by atoms with van der Waals surface area (Å²) in [6.07, 6.45) is 4.46. The van der Waals surface area contributed by atoms with Gasteiger partial charge in [-0.2, -0.15) is 5.10 Å². The molecule has 1 aliphatic rings. The topological polar surface area (TPSA) is 44.0 Å². The Balaban J connectivity index is 1.66. The Labute approximate surface area is 113 Å². The number of anilines is 1. The van der Waals surface area contributed by atoms with Crippen LogP contribution in [-0.2, 0) is 13.1 Å². The summed E-state index contributed by atoms with van der Waals surface area (Å²) >= 11 is 0. The van der Waals surface area contributed by atoms with E-state index in [0.29, 0.717) is 0 Å². The highest BCUT2D eigenvalue weighted by Crippen LogP contribution is 2.20. The zero-order chi connectivity index (χ0) is 12.9. The Morgan fingerprint density at radius 2 is 2.00 bits per heavy atom. The number of benzene rings is 1. The zero-order valence-corrected chi connectivity index (χ0v) is 11.1. The molecule has 4 heteroatoms. The number of para-hydroxylation sites is 1. The highest BCUT2D eigenvalue weighted by atomic mass is 15.1. The van der Waals surface area contributed by atoms with E-state index >= 15 is 0 Å². The van der Waals surface area contributed by atoms with Gasteiger partial charge in [0.1, 0.15) is 0 Å². The quantitative estimate of drug-likeness (QED) is 0.864. The van der Waals surface area contributed by atoms with Crippen molar-refractivity contribution in [1.82, 2.24) is 15.1 Å². The average molecular weight is 256 g/mol. The number of H-pyrrole nitrogens is 1. The van der Waals surface area contributed by atoms with Crippen LogP contribution in [0.1, 0.15) is 24.1 Å². The van der Waals surface area contributed by atoms with Crippen LogP contribution in [-0.4, -0.2) is 28.2 Å². The molecule has 19 heavy (non-hydrogen) atoms. The van der Waals surface area contributed by atoms with Crippen molar-refractivity contribution in [3.8, 4) is 0 Å². The zero-order valence-electron chi connectivity index (χ0n) is 11.1. The molecule has 0 aliphatic carbocycles. The normalized spacial score (nSPS) is 15.8. The minimum Gasteiger partial charge on any atom is -0.379 e. The van der Waals surface area contributed by atoms with Crippen LogP contribution in [0.5, 0.6) is 0 Å². The van der Waals surface area contributed by atoms with Crippen molar-refractivity contribution in [2.75, 3.05) is 18.4 Å². The first kappa shape index (κ1) is 12.2. The monoisotopic (exact) mass is 256 g/mol. The van der Waals surface area contributed by atoms with Crippen molar-refractivity contribution in [2.45, 2.75) is 25.9 Å². The van der Waals surface area contributed by atoms with Gasteiger partial charge in [0.15, 0.2) is 0 Å². The predicted octanol–water partition coefficient (Wildman–Crippen LogP) is 2.62. The van der Waals surface area contributed by atoms with E-state index in [-0.39, 0.29) is 0 Å². The predicted molar refractivity (Wildman–Crippen MR) is 76.9 cm³/mol. The number of rotatable bonds is 5. The molecule has 2 aromatic rings. The fourth-order valence-electron chi connectivity index (χ4n) is 2.59. The largest absolute Gasteiger partial charge is 0.379 e. The first-order valence-electron chi connectivity index (χ1n) is 6.94. The van der Waals surface area contributed by atoms with Crippen molar-refractivity contribution in [2.24, 2.45) is 0 Å². The molecule has 0 radical (unpaired) electrons. The summed E-state index contributed by atoms with van der Waals surface area (Å²) in [5.41, 5.74) is 3.71. The van der Waals surface area contributed by atoms with Gasteiger partial charge in [-0.1, -0.05) is 18.2 Å². The second-order valence-electron chi connectivity index (χ2n) is 5.08. The van der Waals surface area contributed by atoms with Crippen molar-refractivity contribution in [3.63, 3.8) is 0 Å². The fourth-order valence-corrected chi connectivity index (χ4v) is 2.59. The van der Waals surface area contributed by atoms with E-state index in [1.807, 2.05) is 6.07 Å². The second kappa shape index (κ2) is 5.89. The highest BCUT2D eigenvalue weighted by molar-refractivity contribution is 5.51. The molecule has 0 bridgehead atoms. The Hall–Kier alpha value is -1.81. The van der Waals surface area contributed by atoms with Gasteiger partial charge < -0.3 is 5.32 Å². The average Bonchev–Trinajstić information content (AvgIpc) is 3.10. The van der Waals surface area contributed by atoms with Gasteiger partial charge in [0.05, 0.1) is 12.2 Å². The lowest BCUT2D eigenvalue weighted by atomic mass is 10.1. The molecule has 0 atom stereocenters. The Kier molecular flexibility index (Phi) is 3.79. The maximum atomic E-state index is 3.97. The molecule has 0 saturated carbocycles. The Morgan fingerprint density at radius 1 is 1.16 bits per heavy atom. The molecular weight excluding hydrogens is 236 g/mol. The molecule has 1 aromatic heterocycles. The first-order valence-corrected chi connectivity index (χ1v) is 6.94. The van der Waals surface area contributed by atoms with Gasteiger partial charge in [-0.25, -0.2) is 0 Å². The van der Waals surface area contributed by atoms with Crippen molar-refractivity contribution in [3.05, 3.63) is 47.8 Å². The number of hydrogen-bond donors (Lipinski definition) is 2. The third-order valence-electron chi connectivity index (χ3n) is 3.64. The summed E-state index contributed by atoms with van der Waals surface area (Å²) in [5, 5.41) is 10.4. The van der Waals surface area contributed by atoms with Gasteiger partial charge in [-0.15, -0.1) is 0 Å². The molecule has 1 saturated heterocycles. The standard InChI is InChI=1S/C15H20N4/c1-2-6-15(16-11-14-7-8-17-18-14)13(5-1)12-19-9-3-4-10-19/h1-2,5-8,16H,3-4,9-12H2,(H,17,18). The molecule has 1 aromatic carbocycles. The lowest BCUT2D eigenvalue weighted by molar-refractivity contribution is 0.332. The van der Waals surface area contributed by atoms with Crippen LogP contribution in [0, 0.1) is 0 Å². The maximum absolute atomic E-state index is 3.97. The van der Waals surface area contributed by atoms with Crippen molar-refractivity contribution >= 4 is 5.69 Å². The molecule has 0 amide bonds. The molecule has 4 nitrogen and oxygen atoms in total. The Bertz CT molecular complexity index is 501. The summed E-state index contributed by atoms with van der Waals surface area (Å²) < 4.78 is 0. The van der Waals surface area contributed by atoms with E-state index in [2.05, 4.69) is 44.7 Å². The first-order chi connectivity index (χ1) is 9.42. The molecule has 1 fully saturated rings. The van der Waals surface area contributed by atoms with Crippen LogP contribution >= 0.6 is 0 Å². The number of hydrogen-bond acceptors (Lipinski definition) is 3. The molecule has 2 N–H and O–H groups in total. The SMILES string of the molecule is c1ccc(NCc2ccn[nH]2)c(CN2CCCC2)c1. The number of aromatic amines is 1. The highest BCUT2D eigenvalue weighted by Gasteiger charge is 2.13. The molecular formula is C15H20N4. The van der Waals surface area contributed by atoms with Crippen LogP contribution in [0.2, 0.25) is 0 Å². The third kappa shape index (κ3) is 3.15. The van der Waals surface area contributed by atoms with Gasteiger partial charge in [0, 0.05) is 18.4 Å². The minimum atomic E-state index is 0.789.